The summed E-state index contributed by atoms with van der Waals surface area (Å²) < 4.78 is 29.5. The fourth-order valence-electron chi connectivity index (χ4n) is 4.39. The summed E-state index contributed by atoms with van der Waals surface area (Å²) in [6, 6.07) is 9.27. The minimum absolute atomic E-state index is 0.0510. The number of para-hydroxylation sites is 1. The van der Waals surface area contributed by atoms with Crippen molar-refractivity contribution in [2.75, 3.05) is 45.2 Å². The molecule has 2 aromatic heterocycles. The fraction of sp³-hybridized carbons (Fsp3) is 0.500. The second-order valence-electron chi connectivity index (χ2n) is 9.02. The van der Waals surface area contributed by atoms with Crippen molar-refractivity contribution in [3.8, 4) is 0 Å². The molecule has 1 amide bonds. The number of sulfonamides is 1. The van der Waals surface area contributed by atoms with Crippen LogP contribution in [0.25, 0.3) is 10.2 Å². The molecule has 0 radical (unpaired) electrons. The minimum Gasteiger partial charge on any atom is -0.309 e. The van der Waals surface area contributed by atoms with Gasteiger partial charge in [0.05, 0.1) is 20.5 Å². The van der Waals surface area contributed by atoms with Crippen LogP contribution in [-0.2, 0) is 21.2 Å². The Morgan fingerprint density at radius 3 is 2.69 bits per heavy atom. The van der Waals surface area contributed by atoms with Crippen LogP contribution >= 0.6 is 34.3 Å². The van der Waals surface area contributed by atoms with Crippen LogP contribution in [0.4, 0.5) is 5.13 Å². The number of aromatic nitrogens is 1. The maximum atomic E-state index is 13.9. The Labute approximate surface area is 220 Å². The molecule has 1 aliphatic heterocycles. The number of hydrogen-bond acceptors (Lipinski definition) is 7. The molecule has 1 atom stereocenters. The Morgan fingerprint density at radius 2 is 2.00 bits per heavy atom. The third-order valence-corrected chi connectivity index (χ3v) is 10.8. The van der Waals surface area contributed by atoms with Crippen molar-refractivity contribution in [1.29, 1.82) is 0 Å². The number of thiophene rings is 1. The van der Waals surface area contributed by atoms with Crippen molar-refractivity contribution in [3.05, 3.63) is 40.2 Å². The first-order valence-corrected chi connectivity index (χ1v) is 15.3. The van der Waals surface area contributed by atoms with Crippen molar-refractivity contribution >= 4 is 65.6 Å². The maximum Gasteiger partial charge on any atom is 0.252 e. The van der Waals surface area contributed by atoms with Crippen molar-refractivity contribution in [3.63, 3.8) is 0 Å². The largest absolute Gasteiger partial charge is 0.309 e. The standard InChI is InChI=1S/C24H31ClN4O3S3/c1-4-17-8-5-10-19-22(17)26-24(33-19)29(15-7-13-27(2)3)23(30)18-9-6-14-28(16-18)35(31,32)21-12-11-20(25)34-21/h5,8,10-12,18H,4,6-7,9,13-16H2,1-3H3. The van der Waals surface area contributed by atoms with Gasteiger partial charge in [-0.1, -0.05) is 42.0 Å². The van der Waals surface area contributed by atoms with E-state index < -0.39 is 15.9 Å². The molecule has 0 aliphatic carbocycles. The molecule has 1 fully saturated rings. The molecule has 11 heteroatoms. The summed E-state index contributed by atoms with van der Waals surface area (Å²) in [5.41, 5.74) is 2.11. The first-order chi connectivity index (χ1) is 16.7. The highest BCUT2D eigenvalue weighted by atomic mass is 35.5. The molecule has 1 aliphatic rings. The topological polar surface area (TPSA) is 73.8 Å². The average molecular weight is 555 g/mol. The molecular formula is C24H31ClN4O3S3. The normalized spacial score (nSPS) is 17.3. The number of carbonyl (C=O) groups excluding carboxylic acids is 1. The smallest absolute Gasteiger partial charge is 0.252 e. The Balaban J connectivity index is 1.60. The molecule has 0 bridgehead atoms. The molecule has 0 saturated carbocycles. The Kier molecular flexibility index (Phi) is 8.50. The fourth-order valence-corrected chi connectivity index (χ4v) is 8.59. The van der Waals surface area contributed by atoms with E-state index in [9.17, 15) is 13.2 Å². The van der Waals surface area contributed by atoms with Gasteiger partial charge >= 0.3 is 0 Å². The van der Waals surface area contributed by atoms with E-state index in [0.717, 1.165) is 46.5 Å². The molecule has 1 saturated heterocycles. The predicted molar refractivity (Wildman–Crippen MR) is 145 cm³/mol. The zero-order valence-corrected chi connectivity index (χ0v) is 23.4. The number of nitrogens with zero attached hydrogens (tertiary/aromatic N) is 4. The molecule has 190 valence electrons. The lowest BCUT2D eigenvalue weighted by atomic mass is 9.98. The highest BCUT2D eigenvalue weighted by Crippen LogP contribution is 2.34. The van der Waals surface area contributed by atoms with Crippen molar-refractivity contribution in [2.24, 2.45) is 5.92 Å². The molecule has 3 heterocycles. The van der Waals surface area contributed by atoms with Gasteiger partial charge in [-0.05, 0) is 70.1 Å². The highest BCUT2D eigenvalue weighted by molar-refractivity contribution is 7.91. The number of benzene rings is 1. The number of amides is 1. The van der Waals surface area contributed by atoms with Gasteiger partial charge in [0.2, 0.25) is 5.91 Å². The van der Waals surface area contributed by atoms with Crippen LogP contribution in [0.15, 0.2) is 34.5 Å². The van der Waals surface area contributed by atoms with Gasteiger partial charge in [-0.2, -0.15) is 4.31 Å². The van der Waals surface area contributed by atoms with Crippen LogP contribution in [0.2, 0.25) is 4.34 Å². The number of thiazole rings is 1. The second-order valence-corrected chi connectivity index (χ2v) is 13.9. The monoisotopic (exact) mass is 554 g/mol. The summed E-state index contributed by atoms with van der Waals surface area (Å²) in [7, 11) is 0.345. The van der Waals surface area contributed by atoms with Gasteiger partial charge in [0.15, 0.2) is 5.13 Å². The molecule has 35 heavy (non-hydrogen) atoms. The molecule has 1 aromatic carbocycles. The second kappa shape index (κ2) is 11.2. The molecular weight excluding hydrogens is 524 g/mol. The quantitative estimate of drug-likeness (QED) is 0.374. The third kappa shape index (κ3) is 5.89. The predicted octanol–water partition coefficient (Wildman–Crippen LogP) is 4.96. The Morgan fingerprint density at radius 1 is 1.20 bits per heavy atom. The van der Waals surface area contributed by atoms with Crippen molar-refractivity contribution < 1.29 is 13.2 Å². The van der Waals surface area contributed by atoms with Gasteiger partial charge in [-0.15, -0.1) is 11.3 Å². The van der Waals surface area contributed by atoms with E-state index in [-0.39, 0.29) is 16.7 Å². The summed E-state index contributed by atoms with van der Waals surface area (Å²) in [5, 5.41) is 0.690. The van der Waals surface area contributed by atoms with E-state index in [0.29, 0.717) is 35.4 Å². The van der Waals surface area contributed by atoms with Crippen molar-refractivity contribution in [1.82, 2.24) is 14.2 Å². The summed E-state index contributed by atoms with van der Waals surface area (Å²) in [6.07, 6.45) is 2.97. The first kappa shape index (κ1) is 26.5. The van der Waals surface area contributed by atoms with Crippen LogP contribution < -0.4 is 4.90 Å². The van der Waals surface area contributed by atoms with E-state index in [1.807, 2.05) is 26.2 Å². The number of carbonyl (C=O) groups is 1. The van der Waals surface area contributed by atoms with Crippen LogP contribution in [0.5, 0.6) is 0 Å². The third-order valence-electron chi connectivity index (χ3n) is 6.23. The average Bonchev–Trinajstić information content (AvgIpc) is 3.48. The Bertz CT molecular complexity index is 1290. The van der Waals surface area contributed by atoms with E-state index in [1.165, 1.54) is 21.7 Å². The number of halogens is 1. The van der Waals surface area contributed by atoms with E-state index in [1.54, 1.807) is 11.0 Å². The molecule has 3 aromatic rings. The number of anilines is 1. The zero-order valence-electron chi connectivity index (χ0n) is 20.2. The number of fused-ring (bicyclic) bond motifs is 1. The van der Waals surface area contributed by atoms with Crippen LogP contribution in [-0.4, -0.2) is 68.8 Å². The van der Waals surface area contributed by atoms with Crippen molar-refractivity contribution in [2.45, 2.75) is 36.8 Å². The van der Waals surface area contributed by atoms with Crippen LogP contribution in [0, 0.1) is 5.92 Å². The summed E-state index contributed by atoms with van der Waals surface area (Å²) in [6.45, 7) is 4.07. The SMILES string of the molecule is CCc1cccc2sc(N(CCCN(C)C)C(=O)C3CCCN(S(=O)(=O)c4ccc(Cl)s4)C3)nc12. The van der Waals surface area contributed by atoms with Gasteiger partial charge in [-0.3, -0.25) is 9.69 Å². The van der Waals surface area contributed by atoms with Gasteiger partial charge in [0, 0.05) is 19.6 Å². The van der Waals surface area contributed by atoms with Gasteiger partial charge < -0.3 is 4.90 Å². The zero-order chi connectivity index (χ0) is 25.2. The first-order valence-electron chi connectivity index (χ1n) is 11.8. The number of rotatable bonds is 9. The minimum atomic E-state index is -3.68. The van der Waals surface area contributed by atoms with E-state index in [4.69, 9.17) is 16.6 Å². The lowest BCUT2D eigenvalue weighted by Crippen LogP contribution is -2.47. The van der Waals surface area contributed by atoms with Gasteiger partial charge in [0.1, 0.15) is 4.21 Å². The van der Waals surface area contributed by atoms with Gasteiger partial charge in [-0.25, -0.2) is 13.4 Å². The van der Waals surface area contributed by atoms with Gasteiger partial charge in [0.25, 0.3) is 10.0 Å². The number of aryl methyl sites for hydroxylation is 1. The number of piperidine rings is 1. The Hall–Kier alpha value is -1.56. The van der Waals surface area contributed by atoms with E-state index in [2.05, 4.69) is 17.9 Å². The number of hydrogen-bond donors (Lipinski definition) is 0. The molecule has 0 spiro atoms. The molecule has 4 rings (SSSR count). The maximum absolute atomic E-state index is 13.9. The molecule has 7 nitrogen and oxygen atoms in total. The lowest BCUT2D eigenvalue weighted by Gasteiger charge is -2.33. The van der Waals surface area contributed by atoms with Crippen LogP contribution in [0.3, 0.4) is 0 Å². The molecule has 1 unspecified atom stereocenters. The van der Waals surface area contributed by atoms with Crippen LogP contribution in [0.1, 0.15) is 31.7 Å². The summed E-state index contributed by atoms with van der Waals surface area (Å²) >= 11 is 8.56. The summed E-state index contributed by atoms with van der Waals surface area (Å²) in [4.78, 5) is 22.6. The van der Waals surface area contributed by atoms with E-state index >= 15 is 0 Å². The lowest BCUT2D eigenvalue weighted by molar-refractivity contribution is -0.123. The molecule has 0 N–H and O–H groups in total. The highest BCUT2D eigenvalue weighted by Gasteiger charge is 2.36. The summed E-state index contributed by atoms with van der Waals surface area (Å²) in [5.74, 6) is -0.462.